The zero-order chi connectivity index (χ0) is 14.8. The fraction of sp³-hybridized carbons (Fsp3) is 0.222. The number of benzene rings is 1. The topological polar surface area (TPSA) is 83.5 Å². The lowest BCUT2D eigenvalue weighted by Crippen LogP contribution is -2.22. The molecule has 0 aliphatic rings. The van der Waals surface area contributed by atoms with Gasteiger partial charge in [0, 0.05) is 10.2 Å². The van der Waals surface area contributed by atoms with Crippen LogP contribution in [-0.2, 0) is 21.0 Å². The van der Waals surface area contributed by atoms with Crippen molar-refractivity contribution in [2.75, 3.05) is 10.5 Å². The molecule has 19 heavy (non-hydrogen) atoms. The molecule has 5 nitrogen and oxygen atoms in total. The van der Waals surface area contributed by atoms with Crippen molar-refractivity contribution in [1.82, 2.24) is 0 Å². The van der Waals surface area contributed by atoms with E-state index in [2.05, 4.69) is 15.9 Å². The third-order valence-electron chi connectivity index (χ3n) is 1.86. The molecule has 0 amide bonds. The molecule has 0 saturated carbocycles. The number of hydrogen-bond donors (Lipinski definition) is 2. The number of carboxylic acids is 1. The Morgan fingerprint density at radius 1 is 1.37 bits per heavy atom. The van der Waals surface area contributed by atoms with Gasteiger partial charge in [-0.25, -0.2) is 8.42 Å². The molecule has 0 radical (unpaired) electrons. The van der Waals surface area contributed by atoms with Crippen molar-refractivity contribution in [2.24, 2.45) is 0 Å². The van der Waals surface area contributed by atoms with Crippen LogP contribution in [0.1, 0.15) is 5.56 Å². The minimum atomic E-state index is -4.66. The largest absolute Gasteiger partial charge is 0.480 e. The molecule has 0 saturated heterocycles. The predicted octanol–water partition coefficient (Wildman–Crippen LogP) is 2.29. The predicted molar refractivity (Wildman–Crippen MR) is 64.2 cm³/mol. The lowest BCUT2D eigenvalue weighted by Gasteiger charge is -2.12. The molecule has 1 rings (SSSR count). The standard InChI is InChI=1S/C9H7BrF3NO4S/c10-7-2-1-5(3-6(7)9(11,12)13)14-19(17,18)4-8(15)16/h1-3,14H,4H2,(H,15,16). The minimum absolute atomic E-state index is 0.249. The highest BCUT2D eigenvalue weighted by atomic mass is 79.9. The quantitative estimate of drug-likeness (QED) is 0.861. The van der Waals surface area contributed by atoms with E-state index in [1.807, 2.05) is 0 Å². The fourth-order valence-electron chi connectivity index (χ4n) is 1.18. The smallest absolute Gasteiger partial charge is 0.417 e. The lowest BCUT2D eigenvalue weighted by molar-refractivity contribution is -0.138. The summed E-state index contributed by atoms with van der Waals surface area (Å²) < 4.78 is 61.8. The average Bonchev–Trinajstić information content (AvgIpc) is 2.16. The number of alkyl halides is 3. The average molecular weight is 362 g/mol. The lowest BCUT2D eigenvalue weighted by atomic mass is 10.2. The number of carboxylic acid groups (broad SMARTS) is 1. The molecule has 106 valence electrons. The van der Waals surface area contributed by atoms with Crippen LogP contribution in [0, 0.1) is 0 Å². The Balaban J connectivity index is 3.08. The molecule has 0 bridgehead atoms. The number of carbonyl (C=O) groups is 1. The van der Waals surface area contributed by atoms with Crippen molar-refractivity contribution in [3.63, 3.8) is 0 Å². The third kappa shape index (κ3) is 4.71. The Kier molecular flexibility index (Phi) is 4.46. The van der Waals surface area contributed by atoms with Gasteiger partial charge in [-0.05, 0) is 18.2 Å². The first kappa shape index (κ1) is 15.8. The molecule has 0 aliphatic carbocycles. The molecule has 2 N–H and O–H groups in total. The molecule has 0 aromatic heterocycles. The van der Waals surface area contributed by atoms with Gasteiger partial charge >= 0.3 is 12.1 Å². The van der Waals surface area contributed by atoms with E-state index in [4.69, 9.17) is 5.11 Å². The Morgan fingerprint density at radius 3 is 2.42 bits per heavy atom. The number of halogens is 4. The van der Waals surface area contributed by atoms with Crippen LogP contribution >= 0.6 is 15.9 Å². The van der Waals surface area contributed by atoms with Gasteiger partial charge < -0.3 is 5.11 Å². The van der Waals surface area contributed by atoms with Crippen LogP contribution in [0.4, 0.5) is 18.9 Å². The summed E-state index contributed by atoms with van der Waals surface area (Å²) in [7, 11) is -4.24. The molecule has 0 atom stereocenters. The van der Waals surface area contributed by atoms with Crippen molar-refractivity contribution in [2.45, 2.75) is 6.18 Å². The van der Waals surface area contributed by atoms with Crippen LogP contribution in [0.2, 0.25) is 0 Å². The van der Waals surface area contributed by atoms with Crippen molar-refractivity contribution >= 4 is 37.6 Å². The molecule has 10 heteroatoms. The van der Waals surface area contributed by atoms with Crippen molar-refractivity contribution in [3.05, 3.63) is 28.2 Å². The Labute approximate surface area is 114 Å². The molecular weight excluding hydrogens is 355 g/mol. The minimum Gasteiger partial charge on any atom is -0.480 e. The highest BCUT2D eigenvalue weighted by Gasteiger charge is 2.33. The summed E-state index contributed by atoms with van der Waals surface area (Å²) in [5.41, 5.74) is -1.43. The van der Waals surface area contributed by atoms with E-state index >= 15 is 0 Å². The van der Waals surface area contributed by atoms with Gasteiger partial charge in [0.05, 0.1) is 5.56 Å². The maximum Gasteiger partial charge on any atom is 0.417 e. The summed E-state index contributed by atoms with van der Waals surface area (Å²) in [6.45, 7) is 0. The second-order valence-electron chi connectivity index (χ2n) is 3.45. The maximum atomic E-state index is 12.6. The molecule has 0 fully saturated rings. The van der Waals surface area contributed by atoms with Crippen LogP contribution in [0.5, 0.6) is 0 Å². The van der Waals surface area contributed by atoms with Crippen LogP contribution in [0.25, 0.3) is 0 Å². The van der Waals surface area contributed by atoms with Crippen LogP contribution < -0.4 is 4.72 Å². The molecular formula is C9H7BrF3NO4S. The zero-order valence-electron chi connectivity index (χ0n) is 9.03. The molecule has 0 heterocycles. The van der Waals surface area contributed by atoms with Gasteiger partial charge in [-0.1, -0.05) is 15.9 Å². The van der Waals surface area contributed by atoms with Crippen LogP contribution in [0.15, 0.2) is 22.7 Å². The summed E-state index contributed by atoms with van der Waals surface area (Å²) in [5.74, 6) is -2.84. The normalized spacial score (nSPS) is 12.2. The van der Waals surface area contributed by atoms with E-state index in [1.54, 1.807) is 4.72 Å². The van der Waals surface area contributed by atoms with E-state index in [9.17, 15) is 26.4 Å². The number of rotatable bonds is 4. The first-order valence-corrected chi connectivity index (χ1v) is 7.05. The number of anilines is 1. The van der Waals surface area contributed by atoms with Crippen molar-refractivity contribution in [1.29, 1.82) is 0 Å². The Bertz CT molecular complexity index is 600. The van der Waals surface area contributed by atoms with Gasteiger partial charge in [0.25, 0.3) is 0 Å². The number of hydrogen-bond acceptors (Lipinski definition) is 3. The summed E-state index contributed by atoms with van der Waals surface area (Å²) >= 11 is 2.69. The summed E-state index contributed by atoms with van der Waals surface area (Å²) in [6, 6.07) is 2.67. The van der Waals surface area contributed by atoms with E-state index < -0.39 is 33.5 Å². The zero-order valence-corrected chi connectivity index (χ0v) is 11.4. The van der Waals surface area contributed by atoms with Gasteiger partial charge in [-0.2, -0.15) is 13.2 Å². The summed E-state index contributed by atoms with van der Waals surface area (Å²) in [4.78, 5) is 10.3. The van der Waals surface area contributed by atoms with E-state index in [1.165, 1.54) is 0 Å². The highest BCUT2D eigenvalue weighted by Crippen LogP contribution is 2.36. The second-order valence-corrected chi connectivity index (χ2v) is 6.02. The summed E-state index contributed by atoms with van der Waals surface area (Å²) in [5, 5.41) is 8.35. The fourth-order valence-corrected chi connectivity index (χ4v) is 2.54. The van der Waals surface area contributed by atoms with E-state index in [-0.39, 0.29) is 10.2 Å². The first-order chi connectivity index (χ1) is 8.51. The number of nitrogens with one attached hydrogen (secondary N) is 1. The number of sulfonamides is 1. The number of aliphatic carboxylic acids is 1. The molecule has 0 unspecified atom stereocenters. The van der Waals surface area contributed by atoms with Crippen molar-refractivity contribution < 1.29 is 31.5 Å². The molecule has 0 aliphatic heterocycles. The van der Waals surface area contributed by atoms with E-state index in [0.717, 1.165) is 12.1 Å². The first-order valence-electron chi connectivity index (χ1n) is 4.60. The van der Waals surface area contributed by atoms with E-state index in [0.29, 0.717) is 6.07 Å². The van der Waals surface area contributed by atoms with Crippen molar-refractivity contribution in [3.8, 4) is 0 Å². The molecule has 0 spiro atoms. The monoisotopic (exact) mass is 361 g/mol. The maximum absolute atomic E-state index is 12.6. The Morgan fingerprint density at radius 2 is 1.95 bits per heavy atom. The Hall–Kier alpha value is -1.29. The van der Waals surface area contributed by atoms with Gasteiger partial charge in [0.1, 0.15) is 0 Å². The summed E-state index contributed by atoms with van der Waals surface area (Å²) in [6.07, 6.45) is -4.66. The van der Waals surface area contributed by atoms with Crippen LogP contribution in [-0.4, -0.2) is 25.2 Å². The second kappa shape index (κ2) is 5.37. The van der Waals surface area contributed by atoms with Gasteiger partial charge in [-0.15, -0.1) is 0 Å². The highest BCUT2D eigenvalue weighted by molar-refractivity contribution is 9.10. The van der Waals surface area contributed by atoms with Crippen LogP contribution in [0.3, 0.4) is 0 Å². The molecule has 1 aromatic rings. The molecule has 1 aromatic carbocycles. The van der Waals surface area contributed by atoms with Gasteiger partial charge in [0.2, 0.25) is 10.0 Å². The third-order valence-corrected chi connectivity index (χ3v) is 3.72. The van der Waals surface area contributed by atoms with Gasteiger partial charge in [-0.3, -0.25) is 9.52 Å². The SMILES string of the molecule is O=C(O)CS(=O)(=O)Nc1ccc(Br)c(C(F)(F)F)c1. The van der Waals surface area contributed by atoms with Gasteiger partial charge in [0.15, 0.2) is 5.75 Å².